The Morgan fingerprint density at radius 2 is 2.09 bits per heavy atom. The van der Waals surface area contributed by atoms with Crippen LogP contribution < -0.4 is 9.47 Å². The molecule has 1 fully saturated rings. The highest BCUT2D eigenvalue weighted by Gasteiger charge is 2.29. The molecular weight excluding hydrogens is 301 g/mol. The topological polar surface area (TPSA) is 64.6 Å². The van der Waals surface area contributed by atoms with Crippen molar-refractivity contribution in [2.24, 2.45) is 0 Å². The number of aromatic nitrogens is 2. The highest BCUT2D eigenvalue weighted by Crippen LogP contribution is 2.20. The highest BCUT2D eigenvalue weighted by atomic mass is 19.1. The Labute approximate surface area is 132 Å². The van der Waals surface area contributed by atoms with Gasteiger partial charge in [0, 0.05) is 13.0 Å². The number of likely N-dealkylation sites (tertiary alicyclic amines) is 1. The van der Waals surface area contributed by atoms with Crippen molar-refractivity contribution in [1.29, 1.82) is 0 Å². The van der Waals surface area contributed by atoms with Gasteiger partial charge in [-0.1, -0.05) is 12.1 Å². The first-order valence-corrected chi connectivity index (χ1v) is 7.24. The van der Waals surface area contributed by atoms with Crippen LogP contribution in [0, 0.1) is 5.82 Å². The van der Waals surface area contributed by atoms with E-state index in [9.17, 15) is 9.18 Å². The molecule has 23 heavy (non-hydrogen) atoms. The van der Waals surface area contributed by atoms with Gasteiger partial charge in [-0.2, -0.15) is 4.98 Å². The van der Waals surface area contributed by atoms with Crippen molar-refractivity contribution in [2.75, 3.05) is 20.2 Å². The minimum atomic E-state index is -0.513. The van der Waals surface area contributed by atoms with Crippen LogP contribution in [-0.4, -0.2) is 47.1 Å². The molecular formula is C16H16FN3O3. The number of ether oxygens (including phenoxy) is 2. The van der Waals surface area contributed by atoms with Gasteiger partial charge in [-0.15, -0.1) is 0 Å². The van der Waals surface area contributed by atoms with Crippen LogP contribution in [0.1, 0.15) is 16.8 Å². The minimum absolute atomic E-state index is 0.0781. The molecule has 1 saturated heterocycles. The molecule has 120 valence electrons. The van der Waals surface area contributed by atoms with E-state index in [4.69, 9.17) is 9.47 Å². The van der Waals surface area contributed by atoms with Crippen LogP contribution in [-0.2, 0) is 0 Å². The molecule has 2 heterocycles. The van der Waals surface area contributed by atoms with E-state index in [0.717, 1.165) is 0 Å². The van der Waals surface area contributed by atoms with Crippen molar-refractivity contribution in [3.63, 3.8) is 0 Å². The maximum absolute atomic E-state index is 13.7. The Balaban J connectivity index is 1.64. The minimum Gasteiger partial charge on any atom is -0.480 e. The van der Waals surface area contributed by atoms with Crippen LogP contribution in [0.3, 0.4) is 0 Å². The predicted molar refractivity (Wildman–Crippen MR) is 79.9 cm³/mol. The third-order valence-electron chi connectivity index (χ3n) is 3.62. The number of carbonyl (C=O) groups excluding carboxylic acids is 1. The van der Waals surface area contributed by atoms with Gasteiger partial charge in [-0.05, 0) is 12.1 Å². The highest BCUT2D eigenvalue weighted by molar-refractivity contribution is 5.94. The summed E-state index contributed by atoms with van der Waals surface area (Å²) < 4.78 is 24.4. The van der Waals surface area contributed by atoms with Gasteiger partial charge in [0.05, 0.1) is 31.6 Å². The average molecular weight is 317 g/mol. The molecule has 6 nitrogen and oxygen atoms in total. The second kappa shape index (κ2) is 6.60. The summed E-state index contributed by atoms with van der Waals surface area (Å²) in [4.78, 5) is 22.0. The summed E-state index contributed by atoms with van der Waals surface area (Å²) >= 11 is 0. The van der Waals surface area contributed by atoms with Gasteiger partial charge in [0.15, 0.2) is 0 Å². The molecule has 0 aliphatic carbocycles. The van der Waals surface area contributed by atoms with Gasteiger partial charge in [0.25, 0.3) is 5.91 Å². The number of amides is 1. The normalized spacial score (nSPS) is 17.1. The summed E-state index contributed by atoms with van der Waals surface area (Å²) in [5.74, 6) is -0.138. The third kappa shape index (κ3) is 3.39. The Kier molecular flexibility index (Phi) is 4.36. The fourth-order valence-corrected chi connectivity index (χ4v) is 2.47. The molecule has 1 atom stereocenters. The number of carbonyl (C=O) groups is 1. The second-order valence-corrected chi connectivity index (χ2v) is 5.16. The zero-order valence-electron chi connectivity index (χ0n) is 12.6. The van der Waals surface area contributed by atoms with Crippen molar-refractivity contribution in [2.45, 2.75) is 12.5 Å². The van der Waals surface area contributed by atoms with Crippen LogP contribution in [0.5, 0.6) is 11.8 Å². The van der Waals surface area contributed by atoms with Crippen LogP contribution in [0.15, 0.2) is 36.7 Å². The van der Waals surface area contributed by atoms with E-state index in [2.05, 4.69) is 9.97 Å². The lowest BCUT2D eigenvalue weighted by Gasteiger charge is -2.17. The molecule has 1 unspecified atom stereocenters. The van der Waals surface area contributed by atoms with E-state index in [1.54, 1.807) is 17.0 Å². The summed E-state index contributed by atoms with van der Waals surface area (Å²) in [6, 6.07) is 5.97. The average Bonchev–Trinajstić information content (AvgIpc) is 3.03. The molecule has 0 radical (unpaired) electrons. The number of methoxy groups -OCH3 is 1. The quantitative estimate of drug-likeness (QED) is 0.862. The van der Waals surface area contributed by atoms with Crippen molar-refractivity contribution in [1.82, 2.24) is 14.9 Å². The maximum atomic E-state index is 13.7. The van der Waals surface area contributed by atoms with Crippen LogP contribution in [0.2, 0.25) is 0 Å². The number of benzene rings is 1. The summed E-state index contributed by atoms with van der Waals surface area (Å²) in [6.45, 7) is 0.890. The van der Waals surface area contributed by atoms with Crippen LogP contribution in [0.25, 0.3) is 0 Å². The molecule has 7 heteroatoms. The zero-order chi connectivity index (χ0) is 16.2. The van der Waals surface area contributed by atoms with Crippen molar-refractivity contribution >= 4 is 5.91 Å². The van der Waals surface area contributed by atoms with Gasteiger partial charge in [0.1, 0.15) is 11.9 Å². The Hall–Kier alpha value is -2.70. The maximum Gasteiger partial charge on any atom is 0.256 e. The lowest BCUT2D eigenvalue weighted by Crippen LogP contribution is -2.31. The number of halogens is 1. The molecule has 1 aliphatic heterocycles. The van der Waals surface area contributed by atoms with Crippen LogP contribution in [0.4, 0.5) is 4.39 Å². The van der Waals surface area contributed by atoms with Crippen molar-refractivity contribution < 1.29 is 18.7 Å². The fourth-order valence-electron chi connectivity index (χ4n) is 2.47. The molecule has 3 rings (SSSR count). The number of rotatable bonds is 4. The lowest BCUT2D eigenvalue weighted by atomic mass is 10.2. The van der Waals surface area contributed by atoms with Gasteiger partial charge in [0.2, 0.25) is 11.8 Å². The van der Waals surface area contributed by atoms with Gasteiger partial charge in [-0.25, -0.2) is 4.39 Å². The van der Waals surface area contributed by atoms with E-state index in [1.807, 2.05) is 0 Å². The summed E-state index contributed by atoms with van der Waals surface area (Å²) in [5.41, 5.74) is 0.0781. The first-order valence-electron chi connectivity index (χ1n) is 7.24. The molecule has 0 spiro atoms. The molecule has 1 aromatic heterocycles. The molecule has 1 aliphatic rings. The predicted octanol–water partition coefficient (Wildman–Crippen LogP) is 1.92. The zero-order valence-corrected chi connectivity index (χ0v) is 12.6. The molecule has 1 aromatic carbocycles. The Bertz CT molecular complexity index is 710. The van der Waals surface area contributed by atoms with E-state index in [1.165, 1.54) is 31.6 Å². The third-order valence-corrected chi connectivity index (χ3v) is 3.62. The van der Waals surface area contributed by atoms with Gasteiger partial charge in [-0.3, -0.25) is 9.78 Å². The van der Waals surface area contributed by atoms with E-state index >= 15 is 0 Å². The Morgan fingerprint density at radius 3 is 2.87 bits per heavy atom. The SMILES string of the molecule is COc1cncc(OC2CCN(C(=O)c3ccccc3F)C2)n1. The summed E-state index contributed by atoms with van der Waals surface area (Å²) in [7, 11) is 1.50. The monoisotopic (exact) mass is 317 g/mol. The fraction of sp³-hybridized carbons (Fsp3) is 0.312. The van der Waals surface area contributed by atoms with Crippen LogP contribution >= 0.6 is 0 Å². The van der Waals surface area contributed by atoms with E-state index in [0.29, 0.717) is 31.3 Å². The standard InChI is InChI=1S/C16H16FN3O3/c1-22-14-8-18-9-15(19-14)23-11-6-7-20(10-11)16(21)12-4-2-3-5-13(12)17/h2-5,8-9,11H,6-7,10H2,1H3. The number of nitrogens with zero attached hydrogens (tertiary/aromatic N) is 3. The molecule has 0 N–H and O–H groups in total. The van der Waals surface area contributed by atoms with Crippen molar-refractivity contribution in [3.8, 4) is 11.8 Å². The van der Waals surface area contributed by atoms with Crippen molar-refractivity contribution in [3.05, 3.63) is 48.0 Å². The lowest BCUT2D eigenvalue weighted by molar-refractivity contribution is 0.0766. The smallest absolute Gasteiger partial charge is 0.256 e. The second-order valence-electron chi connectivity index (χ2n) is 5.16. The largest absolute Gasteiger partial charge is 0.480 e. The number of hydrogen-bond donors (Lipinski definition) is 0. The molecule has 1 amide bonds. The summed E-state index contributed by atoms with van der Waals surface area (Å²) in [5, 5.41) is 0. The first-order chi connectivity index (χ1) is 11.2. The van der Waals surface area contributed by atoms with E-state index < -0.39 is 5.82 Å². The molecule has 0 bridgehead atoms. The molecule has 2 aromatic rings. The first kappa shape index (κ1) is 15.2. The van der Waals surface area contributed by atoms with Gasteiger partial charge >= 0.3 is 0 Å². The number of hydrogen-bond acceptors (Lipinski definition) is 5. The van der Waals surface area contributed by atoms with E-state index in [-0.39, 0.29) is 17.6 Å². The molecule has 0 saturated carbocycles. The van der Waals surface area contributed by atoms with Gasteiger partial charge < -0.3 is 14.4 Å². The summed E-state index contributed by atoms with van der Waals surface area (Å²) in [6.07, 6.45) is 3.42. The Morgan fingerprint density at radius 1 is 1.30 bits per heavy atom.